The highest BCUT2D eigenvalue weighted by molar-refractivity contribution is 5.95. The number of unbranched alkanes of at least 4 members (excludes halogenated alkanes) is 1. The Labute approximate surface area is 90.9 Å². The van der Waals surface area contributed by atoms with Crippen LogP contribution in [0.5, 0.6) is 0 Å². The van der Waals surface area contributed by atoms with E-state index < -0.39 is 17.9 Å². The zero-order valence-electron chi connectivity index (χ0n) is 9.91. The molecule has 0 aromatic carbocycles. The van der Waals surface area contributed by atoms with Crippen LogP contribution in [-0.2, 0) is 19.1 Å². The molecular formula is C11H20O4. The number of hydrogen-bond donors (Lipinski definition) is 0. The van der Waals surface area contributed by atoms with Gasteiger partial charge in [0.1, 0.15) is 0 Å². The minimum absolute atomic E-state index is 0.0372. The van der Waals surface area contributed by atoms with Crippen molar-refractivity contribution in [2.24, 2.45) is 11.8 Å². The van der Waals surface area contributed by atoms with Crippen molar-refractivity contribution in [1.29, 1.82) is 0 Å². The zero-order valence-corrected chi connectivity index (χ0v) is 9.91. The largest absolute Gasteiger partial charge is 0.468 e. The highest BCUT2D eigenvalue weighted by Crippen LogP contribution is 2.20. The molecule has 0 aromatic heterocycles. The smallest absolute Gasteiger partial charge is 0.320 e. The van der Waals surface area contributed by atoms with Crippen molar-refractivity contribution in [3.05, 3.63) is 0 Å². The van der Waals surface area contributed by atoms with Crippen LogP contribution in [0.1, 0.15) is 33.1 Å². The van der Waals surface area contributed by atoms with Gasteiger partial charge in [0.2, 0.25) is 0 Å². The molecule has 4 nitrogen and oxygen atoms in total. The Bertz CT molecular complexity index is 197. The van der Waals surface area contributed by atoms with E-state index in [1.54, 1.807) is 0 Å². The van der Waals surface area contributed by atoms with Crippen LogP contribution in [0.2, 0.25) is 0 Å². The first-order valence-electron chi connectivity index (χ1n) is 5.24. The predicted octanol–water partition coefficient (Wildman–Crippen LogP) is 1.77. The van der Waals surface area contributed by atoms with Gasteiger partial charge in [-0.2, -0.15) is 0 Å². The average Bonchev–Trinajstić information content (AvgIpc) is 2.25. The summed E-state index contributed by atoms with van der Waals surface area (Å²) < 4.78 is 9.19. The van der Waals surface area contributed by atoms with Crippen molar-refractivity contribution in [2.75, 3.05) is 14.2 Å². The van der Waals surface area contributed by atoms with E-state index in [-0.39, 0.29) is 5.92 Å². The predicted molar refractivity (Wildman–Crippen MR) is 56.2 cm³/mol. The summed E-state index contributed by atoms with van der Waals surface area (Å²) in [4.78, 5) is 22.8. The number of hydrogen-bond acceptors (Lipinski definition) is 4. The molecule has 4 heteroatoms. The van der Waals surface area contributed by atoms with Crippen LogP contribution in [0.3, 0.4) is 0 Å². The van der Waals surface area contributed by atoms with E-state index in [9.17, 15) is 9.59 Å². The van der Waals surface area contributed by atoms with Crippen molar-refractivity contribution < 1.29 is 19.1 Å². The summed E-state index contributed by atoms with van der Waals surface area (Å²) in [5, 5.41) is 0. The summed E-state index contributed by atoms with van der Waals surface area (Å²) in [7, 11) is 2.57. The molecule has 15 heavy (non-hydrogen) atoms. The van der Waals surface area contributed by atoms with E-state index in [1.165, 1.54) is 14.2 Å². The van der Waals surface area contributed by atoms with Gasteiger partial charge >= 0.3 is 11.9 Å². The molecule has 0 aromatic rings. The van der Waals surface area contributed by atoms with E-state index in [0.29, 0.717) is 0 Å². The summed E-state index contributed by atoms with van der Waals surface area (Å²) in [6, 6.07) is 0. The second-order valence-electron chi connectivity index (χ2n) is 3.64. The van der Waals surface area contributed by atoms with Crippen molar-refractivity contribution in [1.82, 2.24) is 0 Å². The molecule has 0 fully saturated rings. The Hall–Kier alpha value is -1.06. The SMILES string of the molecule is CCCC[C@@H](C)C(C(=O)OC)C(=O)OC. The van der Waals surface area contributed by atoms with E-state index >= 15 is 0 Å². The molecule has 0 radical (unpaired) electrons. The molecule has 0 amide bonds. The molecule has 0 spiro atoms. The normalized spacial score (nSPS) is 12.3. The third-order valence-electron chi connectivity index (χ3n) is 2.49. The van der Waals surface area contributed by atoms with Crippen LogP contribution in [-0.4, -0.2) is 26.2 Å². The van der Waals surface area contributed by atoms with Crippen LogP contribution >= 0.6 is 0 Å². The highest BCUT2D eigenvalue weighted by Gasteiger charge is 2.33. The van der Waals surface area contributed by atoms with E-state index in [1.807, 2.05) is 6.92 Å². The maximum Gasteiger partial charge on any atom is 0.320 e. The molecule has 0 saturated heterocycles. The van der Waals surface area contributed by atoms with Gasteiger partial charge in [-0.05, 0) is 12.3 Å². The molecule has 0 unspecified atom stereocenters. The van der Waals surface area contributed by atoms with E-state index in [4.69, 9.17) is 0 Å². The van der Waals surface area contributed by atoms with Crippen LogP contribution in [0.25, 0.3) is 0 Å². The topological polar surface area (TPSA) is 52.6 Å². The Morgan fingerprint density at radius 3 is 1.93 bits per heavy atom. The summed E-state index contributed by atoms with van der Waals surface area (Å²) in [5.74, 6) is -1.84. The molecule has 0 N–H and O–H groups in total. The van der Waals surface area contributed by atoms with Gasteiger partial charge in [-0.1, -0.05) is 26.7 Å². The van der Waals surface area contributed by atoms with Crippen molar-refractivity contribution in [2.45, 2.75) is 33.1 Å². The van der Waals surface area contributed by atoms with Gasteiger partial charge in [-0.25, -0.2) is 0 Å². The molecule has 88 valence electrons. The molecule has 0 rings (SSSR count). The molecule has 0 aliphatic carbocycles. The van der Waals surface area contributed by atoms with E-state index in [2.05, 4.69) is 16.4 Å². The standard InChI is InChI=1S/C11H20O4/c1-5-6-7-8(2)9(10(12)14-3)11(13)15-4/h8-9H,5-7H2,1-4H3/t8-/m1/s1. The molecule has 0 aliphatic heterocycles. The number of carbonyl (C=O) groups is 2. The number of methoxy groups -OCH3 is 2. The third-order valence-corrected chi connectivity index (χ3v) is 2.49. The van der Waals surface area contributed by atoms with Gasteiger partial charge in [0.25, 0.3) is 0 Å². The molecule has 0 heterocycles. The summed E-state index contributed by atoms with van der Waals surface area (Å²) >= 11 is 0. The lowest BCUT2D eigenvalue weighted by atomic mass is 9.89. The molecule has 0 aliphatic rings. The fourth-order valence-corrected chi connectivity index (χ4v) is 1.51. The minimum Gasteiger partial charge on any atom is -0.468 e. The Morgan fingerprint density at radius 1 is 1.13 bits per heavy atom. The Balaban J connectivity index is 4.47. The summed E-state index contributed by atoms with van der Waals surface area (Å²) in [6.45, 7) is 3.94. The van der Waals surface area contributed by atoms with Gasteiger partial charge in [0.15, 0.2) is 5.92 Å². The third kappa shape index (κ3) is 4.32. The fraction of sp³-hybridized carbons (Fsp3) is 0.818. The molecule has 1 atom stereocenters. The maximum absolute atomic E-state index is 11.4. The monoisotopic (exact) mass is 216 g/mol. The first-order chi connectivity index (χ1) is 7.08. The average molecular weight is 216 g/mol. The van der Waals surface area contributed by atoms with Crippen LogP contribution in [0, 0.1) is 11.8 Å². The van der Waals surface area contributed by atoms with Gasteiger partial charge in [0, 0.05) is 0 Å². The van der Waals surface area contributed by atoms with Gasteiger partial charge < -0.3 is 9.47 Å². The summed E-state index contributed by atoms with van der Waals surface area (Å²) in [5.41, 5.74) is 0. The van der Waals surface area contributed by atoms with Crippen molar-refractivity contribution in [3.63, 3.8) is 0 Å². The van der Waals surface area contributed by atoms with Crippen LogP contribution < -0.4 is 0 Å². The number of esters is 2. The fourth-order valence-electron chi connectivity index (χ4n) is 1.51. The second kappa shape index (κ2) is 7.26. The lowest BCUT2D eigenvalue weighted by Crippen LogP contribution is -2.32. The molecular weight excluding hydrogens is 196 g/mol. The molecule has 0 saturated carbocycles. The lowest BCUT2D eigenvalue weighted by molar-refractivity contribution is -0.161. The number of rotatable bonds is 6. The second-order valence-corrected chi connectivity index (χ2v) is 3.64. The minimum atomic E-state index is -0.786. The van der Waals surface area contributed by atoms with Crippen LogP contribution in [0.15, 0.2) is 0 Å². The maximum atomic E-state index is 11.4. The zero-order chi connectivity index (χ0) is 11.8. The molecule has 0 bridgehead atoms. The Kier molecular flexibility index (Phi) is 6.75. The van der Waals surface area contributed by atoms with Crippen molar-refractivity contribution >= 4 is 11.9 Å². The van der Waals surface area contributed by atoms with Crippen molar-refractivity contribution in [3.8, 4) is 0 Å². The Morgan fingerprint density at radius 2 is 1.60 bits per heavy atom. The first-order valence-corrected chi connectivity index (χ1v) is 5.24. The van der Waals surface area contributed by atoms with Gasteiger partial charge in [-0.15, -0.1) is 0 Å². The van der Waals surface area contributed by atoms with E-state index in [0.717, 1.165) is 19.3 Å². The van der Waals surface area contributed by atoms with Gasteiger partial charge in [-0.3, -0.25) is 9.59 Å². The van der Waals surface area contributed by atoms with Crippen LogP contribution in [0.4, 0.5) is 0 Å². The lowest BCUT2D eigenvalue weighted by Gasteiger charge is -2.19. The number of ether oxygens (including phenoxy) is 2. The summed E-state index contributed by atoms with van der Waals surface area (Å²) in [6.07, 6.45) is 2.86. The van der Waals surface area contributed by atoms with Gasteiger partial charge in [0.05, 0.1) is 14.2 Å². The highest BCUT2D eigenvalue weighted by atomic mass is 16.5. The number of carbonyl (C=O) groups excluding carboxylic acids is 2. The quantitative estimate of drug-likeness (QED) is 0.501. The first kappa shape index (κ1) is 13.9.